The summed E-state index contributed by atoms with van der Waals surface area (Å²) in [6.07, 6.45) is 17.6. The van der Waals surface area contributed by atoms with E-state index in [4.69, 9.17) is 34.4 Å². The van der Waals surface area contributed by atoms with Crippen LogP contribution in [-0.4, -0.2) is 124 Å². The minimum absolute atomic E-state index is 0.0420. The van der Waals surface area contributed by atoms with Crippen molar-refractivity contribution in [3.05, 3.63) is 287 Å². The number of hydrogen-bond donors (Lipinski definition) is 11. The summed E-state index contributed by atoms with van der Waals surface area (Å²) in [5, 5.41) is 22.8. The fourth-order valence-electron chi connectivity index (χ4n) is 13.6. The molecule has 7 amide bonds. The molecule has 123 heavy (non-hydrogen) atoms. The van der Waals surface area contributed by atoms with Crippen molar-refractivity contribution in [1.29, 1.82) is 0 Å². The lowest BCUT2D eigenvalue weighted by atomic mass is 9.83. The molecular weight excluding hydrogens is 1590 g/mol. The van der Waals surface area contributed by atoms with Gasteiger partial charge in [-0.25, -0.2) is 9.97 Å². The molecule has 1 aliphatic heterocycles. The molecule has 0 spiro atoms. The van der Waals surface area contributed by atoms with Crippen LogP contribution in [-0.2, 0) is 30.4 Å². The largest absolute Gasteiger partial charge is 0.401 e. The molecule has 17 N–H and O–H groups in total. The van der Waals surface area contributed by atoms with Gasteiger partial charge in [0.25, 0.3) is 17.7 Å². The van der Waals surface area contributed by atoms with Crippen LogP contribution in [0.1, 0.15) is 168 Å². The molecule has 0 bridgehead atoms. The van der Waals surface area contributed by atoms with Gasteiger partial charge in [0.15, 0.2) is 5.78 Å². The van der Waals surface area contributed by atoms with Crippen molar-refractivity contribution in [3.8, 4) is 32.3 Å². The van der Waals surface area contributed by atoms with Gasteiger partial charge in [-0.2, -0.15) is 0 Å². The van der Waals surface area contributed by atoms with Crippen LogP contribution in [0.5, 0.6) is 0 Å². The maximum atomic E-state index is 12.6. The van der Waals surface area contributed by atoms with Gasteiger partial charge in [-0.05, 0) is 115 Å². The van der Waals surface area contributed by atoms with Crippen molar-refractivity contribution in [2.45, 2.75) is 147 Å². The average molecular weight is 1700 g/mol. The van der Waals surface area contributed by atoms with Crippen LogP contribution in [0.2, 0.25) is 0 Å². The maximum Gasteiger partial charge on any atom is 0.271 e. The number of amides is 7. The van der Waals surface area contributed by atoms with Crippen molar-refractivity contribution in [2.75, 3.05) is 20.6 Å². The number of Topliss-reactive ketones (excluding diaryl/α,β-unsaturated/α-hetero) is 2. The van der Waals surface area contributed by atoms with Crippen LogP contribution < -0.4 is 61.0 Å². The monoisotopic (exact) mass is 1700 g/mol. The molecule has 1 saturated carbocycles. The first kappa shape index (κ1) is 95.6. The zero-order valence-corrected chi connectivity index (χ0v) is 71.9. The Morgan fingerprint density at radius 2 is 1.11 bits per heavy atom. The third-order valence-electron chi connectivity index (χ3n) is 20.5. The number of nitrogens with one attached hydrogen (secondary N) is 5. The predicted molar refractivity (Wildman–Crippen MR) is 492 cm³/mol. The van der Waals surface area contributed by atoms with Gasteiger partial charge in [0.2, 0.25) is 23.6 Å². The van der Waals surface area contributed by atoms with E-state index in [1.165, 1.54) is 75.6 Å². The number of carbonyl (C=O) groups excluding carboxylic acids is 9. The molecule has 11 aromatic rings. The highest BCUT2D eigenvalue weighted by Crippen LogP contribution is 2.31. The minimum atomic E-state index is -0.781. The molecule has 4 aromatic heterocycles. The van der Waals surface area contributed by atoms with E-state index in [1.54, 1.807) is 62.4 Å². The SMILES string of the molecule is C=C(N)[C@@H](NC(=O)c1csc(-c2ccccc2)n1)C1CCCCC1.CCC(=O)C[C@H](N)Cc1cccc2ccccc12.CC[C@H](NC(=O)c1nccc2ccccc12)C(N)=O.CNC(=O)CC(N)c1ccc(-c2ccccc2)cc1.CNC(=O)[C@H](CCCN)CC(=O)c1csc(-c2ccc(C)cc2)n1.NC(=O)[C@H](CC1=CCC=N1)NC(=O)c1ccccn1. The number of aromatic nitrogens is 4. The van der Waals surface area contributed by atoms with Crippen molar-refractivity contribution in [2.24, 2.45) is 51.2 Å². The molecular formula is C96H112N16O9S2. The predicted octanol–water partition coefficient (Wildman–Crippen LogP) is 14.0. The van der Waals surface area contributed by atoms with Gasteiger partial charge in [-0.3, -0.25) is 58.1 Å². The van der Waals surface area contributed by atoms with E-state index >= 15 is 0 Å². The number of thiazole rings is 2. The number of nitrogens with two attached hydrogens (primary N) is 6. The second-order valence-electron chi connectivity index (χ2n) is 29.6. The third kappa shape index (κ3) is 30.6. The van der Waals surface area contributed by atoms with Crippen LogP contribution in [0.15, 0.2) is 252 Å². The van der Waals surface area contributed by atoms with Crippen molar-refractivity contribution < 1.29 is 43.2 Å². The Morgan fingerprint density at radius 1 is 0.545 bits per heavy atom. The molecule has 5 heterocycles. The topological polar surface area (TPSA) is 434 Å². The highest BCUT2D eigenvalue weighted by Gasteiger charge is 2.29. The molecule has 642 valence electrons. The number of aliphatic imine (C=N–C) groups is 1. The lowest BCUT2D eigenvalue weighted by molar-refractivity contribution is -0.125. The van der Waals surface area contributed by atoms with E-state index in [0.29, 0.717) is 73.8 Å². The van der Waals surface area contributed by atoms with Crippen LogP contribution in [0.4, 0.5) is 0 Å². The number of primary amides is 2. The molecule has 1 unspecified atom stereocenters. The molecule has 1 aliphatic carbocycles. The van der Waals surface area contributed by atoms with E-state index in [9.17, 15) is 43.2 Å². The summed E-state index contributed by atoms with van der Waals surface area (Å²) >= 11 is 2.92. The number of fused-ring (bicyclic) bond motifs is 2. The average Bonchev–Trinajstić information content (AvgIpc) is 1.74. The second-order valence-corrected chi connectivity index (χ2v) is 31.3. The van der Waals surface area contributed by atoms with Gasteiger partial charge < -0.3 is 61.0 Å². The van der Waals surface area contributed by atoms with Crippen molar-refractivity contribution in [1.82, 2.24) is 46.5 Å². The summed E-state index contributed by atoms with van der Waals surface area (Å²) in [4.78, 5) is 127. The summed E-state index contributed by atoms with van der Waals surface area (Å²) in [6, 6.07) is 62.9. The molecule has 27 heteroatoms. The zero-order valence-electron chi connectivity index (χ0n) is 70.3. The van der Waals surface area contributed by atoms with E-state index in [1.807, 2.05) is 166 Å². The standard InChI is InChI=1S/C19H23N3OS.C18H23N3O2S.C16H18N2O.C16H19NO.C14H15N3O2.C13H14N4O2/c1-13(20)17(14-8-4-2-5-9-14)22-18(23)16-12-24-19(21-16)15-10-6-3-7-11-15;1-12-5-7-13(8-6-12)18-21-15(11-24-18)16(22)10-14(4-3-9-19)17(23)20-2;1-18-16(19)11-15(17)14-9-7-13(8-10-14)12-5-3-2-4-6-12;1-2-15(18)11-14(17)10-13-8-5-7-12-6-3-4-9-16(12)13;1-2-11(13(15)18)17-14(19)12-10-6-4-3-5-9(10)7-8-16-12;14-12(18)11(8-9-4-3-7-15-9)17-13(19)10-5-1-2-6-16-10/h3,6-7,10-12,14,17H,1-2,4-5,8-9,20H2,(H,22,23);5-8,11,14H,3-4,9-10,19H2,1-2H3,(H,20,23);2-10,15H,11,17H2,1H3,(H,18,19);3-9,14H,2,10-11,17H2,1H3;3-8,11H,2H2,1H3,(H2,15,18)(H,17,19);1-2,4-7,11H,3,8H2,(H2,14,18)(H,17,19)/t17-;14-;;14-;2*11-/m11.100/s1. The van der Waals surface area contributed by atoms with Crippen LogP contribution in [0, 0.1) is 18.8 Å². The third-order valence-corrected chi connectivity index (χ3v) is 22.2. The maximum absolute atomic E-state index is 12.6. The number of nitrogens with zero attached hydrogens (tertiary/aromatic N) is 5. The molecule has 0 saturated heterocycles. The van der Waals surface area contributed by atoms with Crippen LogP contribution in [0.3, 0.4) is 0 Å². The van der Waals surface area contributed by atoms with Gasteiger partial charge in [0.1, 0.15) is 50.7 Å². The van der Waals surface area contributed by atoms with Crippen molar-refractivity contribution in [3.63, 3.8) is 0 Å². The number of carbonyl (C=O) groups is 9. The molecule has 7 aromatic carbocycles. The quantitative estimate of drug-likeness (QED) is 0.0180. The number of rotatable bonds is 31. The summed E-state index contributed by atoms with van der Waals surface area (Å²) < 4.78 is 0. The summed E-state index contributed by atoms with van der Waals surface area (Å²) in [6.45, 7) is 10.1. The molecule has 13 rings (SSSR count). The summed E-state index contributed by atoms with van der Waals surface area (Å²) in [5.41, 5.74) is 44.5. The minimum Gasteiger partial charge on any atom is -0.401 e. The van der Waals surface area contributed by atoms with Gasteiger partial charge in [-0.1, -0.05) is 233 Å². The smallest absolute Gasteiger partial charge is 0.271 e. The molecule has 0 radical (unpaired) electrons. The van der Waals surface area contributed by atoms with Crippen LogP contribution >= 0.6 is 22.7 Å². The summed E-state index contributed by atoms with van der Waals surface area (Å²) in [5.74, 6) is -2.11. The lowest BCUT2D eigenvalue weighted by Gasteiger charge is -2.30. The van der Waals surface area contributed by atoms with E-state index in [-0.39, 0.29) is 71.4 Å². The van der Waals surface area contributed by atoms with Gasteiger partial charge in [0, 0.05) is 128 Å². The number of hydrogen-bond acceptors (Lipinski definition) is 20. The van der Waals surface area contributed by atoms with Crippen molar-refractivity contribution >= 4 is 103 Å². The lowest BCUT2D eigenvalue weighted by Crippen LogP contribution is -2.44. The van der Waals surface area contributed by atoms with Crippen LogP contribution in [0.25, 0.3) is 53.8 Å². The van der Waals surface area contributed by atoms with Gasteiger partial charge >= 0.3 is 0 Å². The van der Waals surface area contributed by atoms with E-state index in [2.05, 4.69) is 94.5 Å². The first-order chi connectivity index (χ1) is 59.4. The second kappa shape index (κ2) is 50.4. The Balaban J connectivity index is 0.000000184. The fourth-order valence-corrected chi connectivity index (χ4v) is 15.2. The number of allylic oxidation sites excluding steroid dienone is 1. The van der Waals surface area contributed by atoms with Gasteiger partial charge in [0.05, 0.1) is 6.04 Å². The van der Waals surface area contributed by atoms with E-state index in [0.717, 1.165) is 80.8 Å². The highest BCUT2D eigenvalue weighted by atomic mass is 32.1. The molecule has 25 nitrogen and oxygen atoms in total. The number of ketones is 2. The van der Waals surface area contributed by atoms with E-state index < -0.39 is 29.8 Å². The highest BCUT2D eigenvalue weighted by molar-refractivity contribution is 7.13. The zero-order chi connectivity index (χ0) is 88.6. The first-order valence-electron chi connectivity index (χ1n) is 41.2. The Kier molecular flexibility index (Phi) is 39.1. The summed E-state index contributed by atoms with van der Waals surface area (Å²) in [7, 11) is 3.20. The Morgan fingerprint density at radius 3 is 1.71 bits per heavy atom. The number of aryl methyl sites for hydroxylation is 1. The Labute approximate surface area is 727 Å². The number of benzene rings is 7. The molecule has 1 fully saturated rings. The first-order valence-corrected chi connectivity index (χ1v) is 42.9. The van der Waals surface area contributed by atoms with Gasteiger partial charge in [-0.15, -0.1) is 22.7 Å². The normalized spacial score (nSPS) is 13.4. The number of pyridine rings is 2. The fraction of sp³-hybridized carbons (Fsp3) is 0.292. The molecule has 6 atom stereocenters. The Hall–Kier alpha value is -12.9. The molecule has 2 aliphatic rings. The Bertz CT molecular complexity index is 5340.